The molecule has 0 spiro atoms. The number of hydrogen-bond donors (Lipinski definition) is 2. The summed E-state index contributed by atoms with van der Waals surface area (Å²) >= 11 is 3.27. The van der Waals surface area contributed by atoms with Crippen LogP contribution in [0.25, 0.3) is 0 Å². The summed E-state index contributed by atoms with van der Waals surface area (Å²) in [4.78, 5) is 14.3. The zero-order chi connectivity index (χ0) is 13.1. The second-order valence-electron chi connectivity index (χ2n) is 3.96. The molecule has 1 unspecified atom stereocenters. The fraction of sp³-hybridized carbons (Fsp3) is 0.500. The van der Waals surface area contributed by atoms with Crippen molar-refractivity contribution in [2.75, 3.05) is 25.5 Å². The number of nitrogens with one attached hydrogen (secondary N) is 2. The Morgan fingerprint density at radius 1 is 1.61 bits per heavy atom. The van der Waals surface area contributed by atoms with Crippen LogP contribution in [0.1, 0.15) is 0 Å². The van der Waals surface area contributed by atoms with Gasteiger partial charge in [0.25, 0.3) is 0 Å². The van der Waals surface area contributed by atoms with Crippen molar-refractivity contribution in [2.24, 2.45) is 0 Å². The highest BCUT2D eigenvalue weighted by Crippen LogP contribution is 2.32. The summed E-state index contributed by atoms with van der Waals surface area (Å²) in [6, 6.07) is -0.00704. The number of hydrogen-bond acceptors (Lipinski definition) is 6. The number of rotatable bonds is 4. The standard InChI is InChI=1S/C10H13BrN4O3/c1-18-9-5-13-3-7(9)14-10-6(11)2-12-4-8(10)15(16)17/h2,4,7,9,13H,3,5H2,1H3,(H,12,14)/t7?,9-/m0/s1. The third-order valence-corrected chi connectivity index (χ3v) is 3.47. The Morgan fingerprint density at radius 2 is 2.39 bits per heavy atom. The number of halogens is 1. The minimum absolute atomic E-state index is 0.00704. The van der Waals surface area contributed by atoms with Gasteiger partial charge in [-0.3, -0.25) is 15.1 Å². The quantitative estimate of drug-likeness (QED) is 0.640. The Balaban J connectivity index is 2.25. The summed E-state index contributed by atoms with van der Waals surface area (Å²) in [7, 11) is 1.63. The molecule has 7 nitrogen and oxygen atoms in total. The number of nitro groups is 1. The van der Waals surface area contributed by atoms with E-state index >= 15 is 0 Å². The molecular weight excluding hydrogens is 304 g/mol. The minimum Gasteiger partial charge on any atom is -0.378 e. The highest BCUT2D eigenvalue weighted by Gasteiger charge is 2.29. The first kappa shape index (κ1) is 13.2. The molecule has 1 aromatic rings. The zero-order valence-corrected chi connectivity index (χ0v) is 11.3. The van der Waals surface area contributed by atoms with Crippen LogP contribution >= 0.6 is 15.9 Å². The maximum absolute atomic E-state index is 11.0. The van der Waals surface area contributed by atoms with Crippen molar-refractivity contribution < 1.29 is 9.66 Å². The Morgan fingerprint density at radius 3 is 3.06 bits per heavy atom. The molecule has 2 heterocycles. The highest BCUT2D eigenvalue weighted by atomic mass is 79.9. The Hall–Kier alpha value is -1.25. The lowest BCUT2D eigenvalue weighted by atomic mass is 10.2. The molecule has 98 valence electrons. The first-order valence-corrected chi connectivity index (χ1v) is 6.20. The molecule has 0 radical (unpaired) electrons. The Kier molecular flexibility index (Phi) is 4.10. The van der Waals surface area contributed by atoms with Gasteiger partial charge >= 0.3 is 5.69 Å². The monoisotopic (exact) mass is 316 g/mol. The fourth-order valence-electron chi connectivity index (χ4n) is 1.94. The van der Waals surface area contributed by atoms with Crippen molar-refractivity contribution in [3.05, 3.63) is 27.0 Å². The van der Waals surface area contributed by atoms with Crippen LogP contribution in [0, 0.1) is 10.1 Å². The van der Waals surface area contributed by atoms with Crippen molar-refractivity contribution in [2.45, 2.75) is 12.1 Å². The third-order valence-electron chi connectivity index (χ3n) is 2.87. The molecule has 1 aromatic heterocycles. The van der Waals surface area contributed by atoms with E-state index in [2.05, 4.69) is 31.5 Å². The summed E-state index contributed by atoms with van der Waals surface area (Å²) in [6.07, 6.45) is 2.75. The second kappa shape index (κ2) is 5.59. The van der Waals surface area contributed by atoms with Gasteiger partial charge in [-0.1, -0.05) is 0 Å². The van der Waals surface area contributed by atoms with E-state index in [4.69, 9.17) is 4.74 Å². The number of anilines is 1. The van der Waals surface area contributed by atoms with E-state index in [1.165, 1.54) is 12.4 Å². The molecule has 2 N–H and O–H groups in total. The molecule has 8 heteroatoms. The highest BCUT2D eigenvalue weighted by molar-refractivity contribution is 9.10. The van der Waals surface area contributed by atoms with Crippen LogP contribution < -0.4 is 10.6 Å². The van der Waals surface area contributed by atoms with E-state index in [0.29, 0.717) is 16.7 Å². The molecule has 1 aliphatic rings. The molecule has 2 atom stereocenters. The van der Waals surface area contributed by atoms with Crippen molar-refractivity contribution in [3.8, 4) is 0 Å². The van der Waals surface area contributed by atoms with Crippen LogP contribution in [0.3, 0.4) is 0 Å². The van der Waals surface area contributed by atoms with Gasteiger partial charge in [0.2, 0.25) is 0 Å². The second-order valence-corrected chi connectivity index (χ2v) is 4.81. The van der Waals surface area contributed by atoms with Crippen molar-refractivity contribution in [1.82, 2.24) is 10.3 Å². The number of nitrogens with zero attached hydrogens (tertiary/aromatic N) is 2. The van der Waals surface area contributed by atoms with Gasteiger partial charge in [-0.25, -0.2) is 0 Å². The largest absolute Gasteiger partial charge is 0.378 e. The summed E-state index contributed by atoms with van der Waals surface area (Å²) in [6.45, 7) is 1.43. The average Bonchev–Trinajstić information content (AvgIpc) is 2.78. The van der Waals surface area contributed by atoms with Crippen molar-refractivity contribution >= 4 is 27.3 Å². The van der Waals surface area contributed by atoms with Crippen molar-refractivity contribution in [3.63, 3.8) is 0 Å². The lowest BCUT2D eigenvalue weighted by molar-refractivity contribution is -0.384. The summed E-state index contributed by atoms with van der Waals surface area (Å²) in [5, 5.41) is 17.3. The number of methoxy groups -OCH3 is 1. The predicted octanol–water partition coefficient (Wildman–Crippen LogP) is 1.15. The van der Waals surface area contributed by atoms with Gasteiger partial charge < -0.3 is 15.4 Å². The predicted molar refractivity (Wildman–Crippen MR) is 69.7 cm³/mol. The molecule has 1 fully saturated rings. The van der Waals surface area contributed by atoms with Crippen LogP contribution in [0.2, 0.25) is 0 Å². The molecule has 0 bridgehead atoms. The topological polar surface area (TPSA) is 89.3 Å². The average molecular weight is 317 g/mol. The number of aromatic nitrogens is 1. The van der Waals surface area contributed by atoms with E-state index < -0.39 is 4.92 Å². The van der Waals surface area contributed by atoms with Gasteiger partial charge in [0.05, 0.1) is 21.5 Å². The maximum atomic E-state index is 11.0. The van der Waals surface area contributed by atoms with E-state index in [9.17, 15) is 10.1 Å². The molecule has 1 aliphatic heterocycles. The van der Waals surface area contributed by atoms with Crippen LogP contribution in [0.15, 0.2) is 16.9 Å². The van der Waals surface area contributed by atoms with Gasteiger partial charge in [0, 0.05) is 26.4 Å². The van der Waals surface area contributed by atoms with E-state index in [0.717, 1.165) is 6.54 Å². The fourth-order valence-corrected chi connectivity index (χ4v) is 2.37. The first-order valence-electron chi connectivity index (χ1n) is 5.41. The lowest BCUT2D eigenvalue weighted by Gasteiger charge is -2.20. The molecule has 2 rings (SSSR count). The zero-order valence-electron chi connectivity index (χ0n) is 9.72. The number of pyridine rings is 1. The Labute approximate surface area is 112 Å². The molecular formula is C10H13BrN4O3. The van der Waals surface area contributed by atoms with Crippen LogP contribution in [0.4, 0.5) is 11.4 Å². The molecule has 18 heavy (non-hydrogen) atoms. The van der Waals surface area contributed by atoms with Crippen LogP contribution in [0.5, 0.6) is 0 Å². The number of ether oxygens (including phenoxy) is 1. The van der Waals surface area contributed by atoms with E-state index in [1.54, 1.807) is 7.11 Å². The smallest absolute Gasteiger partial charge is 0.311 e. The summed E-state index contributed by atoms with van der Waals surface area (Å²) < 4.78 is 5.88. The third kappa shape index (κ3) is 2.60. The van der Waals surface area contributed by atoms with Gasteiger partial charge in [-0.15, -0.1) is 0 Å². The SMILES string of the molecule is CO[C@H]1CNCC1Nc1c(Br)cncc1[N+](=O)[O-]. The van der Waals surface area contributed by atoms with Crippen LogP contribution in [-0.4, -0.2) is 42.3 Å². The molecule has 0 amide bonds. The first-order chi connectivity index (χ1) is 8.63. The van der Waals surface area contributed by atoms with Crippen molar-refractivity contribution in [1.29, 1.82) is 0 Å². The van der Waals surface area contributed by atoms with E-state index in [-0.39, 0.29) is 17.8 Å². The lowest BCUT2D eigenvalue weighted by Crippen LogP contribution is -2.33. The van der Waals surface area contributed by atoms with Gasteiger partial charge in [-0.2, -0.15) is 0 Å². The van der Waals surface area contributed by atoms with Gasteiger partial charge in [0.1, 0.15) is 11.9 Å². The van der Waals surface area contributed by atoms with Crippen LogP contribution in [-0.2, 0) is 4.74 Å². The molecule has 0 aromatic carbocycles. The summed E-state index contributed by atoms with van der Waals surface area (Å²) in [5.74, 6) is 0. The summed E-state index contributed by atoms with van der Waals surface area (Å²) in [5.41, 5.74) is 0.386. The molecule has 0 aliphatic carbocycles. The minimum atomic E-state index is -0.454. The normalized spacial score (nSPS) is 23.0. The van der Waals surface area contributed by atoms with Gasteiger partial charge in [-0.05, 0) is 15.9 Å². The Bertz CT molecular complexity index is 457. The maximum Gasteiger partial charge on any atom is 0.311 e. The van der Waals surface area contributed by atoms with Gasteiger partial charge in [0.15, 0.2) is 0 Å². The van der Waals surface area contributed by atoms with E-state index in [1.807, 2.05) is 0 Å². The molecule has 0 saturated carbocycles. The molecule has 1 saturated heterocycles.